The van der Waals surface area contributed by atoms with Crippen LogP contribution in [0.4, 0.5) is 5.69 Å². The highest BCUT2D eigenvalue weighted by Gasteiger charge is 2.13. The van der Waals surface area contributed by atoms with E-state index in [4.69, 9.17) is 4.74 Å². The highest BCUT2D eigenvalue weighted by molar-refractivity contribution is 6.05. The molecular formula is C23H19NO4. The standard InChI is InChI=1S/C23H19NO4/c1-16-7-5-6-10-20(16)22(26)24-19-13-11-18(12-14-19)23(27)28-15-21(25)17-8-3-2-4-9-17/h2-14H,15H2,1H3,(H,24,26). The zero-order valence-electron chi connectivity index (χ0n) is 15.3. The SMILES string of the molecule is Cc1ccccc1C(=O)Nc1ccc(C(=O)OCC(=O)c2ccccc2)cc1. The first-order chi connectivity index (χ1) is 13.5. The Labute approximate surface area is 163 Å². The van der Waals surface area contributed by atoms with Crippen LogP contribution in [0.25, 0.3) is 0 Å². The summed E-state index contributed by atoms with van der Waals surface area (Å²) in [5.41, 5.74) is 2.82. The van der Waals surface area contributed by atoms with Crippen LogP contribution in [0.5, 0.6) is 0 Å². The molecule has 140 valence electrons. The summed E-state index contributed by atoms with van der Waals surface area (Å²) in [5, 5.41) is 2.79. The number of amides is 1. The third-order valence-corrected chi connectivity index (χ3v) is 4.20. The Balaban J connectivity index is 1.58. The van der Waals surface area contributed by atoms with Crippen molar-refractivity contribution in [1.29, 1.82) is 0 Å². The third kappa shape index (κ3) is 4.71. The molecule has 0 aromatic heterocycles. The number of rotatable bonds is 6. The summed E-state index contributed by atoms with van der Waals surface area (Å²) in [6.45, 7) is 1.54. The molecule has 0 atom stereocenters. The van der Waals surface area contributed by atoms with Crippen LogP contribution in [0.15, 0.2) is 78.9 Å². The van der Waals surface area contributed by atoms with Crippen LogP contribution < -0.4 is 5.32 Å². The maximum Gasteiger partial charge on any atom is 0.338 e. The van der Waals surface area contributed by atoms with Gasteiger partial charge >= 0.3 is 5.97 Å². The van der Waals surface area contributed by atoms with Gasteiger partial charge in [-0.1, -0.05) is 48.5 Å². The number of ketones is 1. The molecule has 5 nitrogen and oxygen atoms in total. The normalized spacial score (nSPS) is 10.2. The molecule has 5 heteroatoms. The van der Waals surface area contributed by atoms with Crippen LogP contribution >= 0.6 is 0 Å². The zero-order valence-corrected chi connectivity index (χ0v) is 15.3. The second-order valence-corrected chi connectivity index (χ2v) is 6.21. The number of aryl methyl sites for hydroxylation is 1. The van der Waals surface area contributed by atoms with Crippen LogP contribution in [0.2, 0.25) is 0 Å². The van der Waals surface area contributed by atoms with Crippen molar-refractivity contribution in [2.24, 2.45) is 0 Å². The Morgan fingerprint density at radius 2 is 1.43 bits per heavy atom. The molecule has 0 aliphatic rings. The van der Waals surface area contributed by atoms with E-state index in [9.17, 15) is 14.4 Å². The molecule has 0 saturated carbocycles. The summed E-state index contributed by atoms with van der Waals surface area (Å²) in [6.07, 6.45) is 0. The van der Waals surface area contributed by atoms with E-state index in [1.54, 1.807) is 60.7 Å². The van der Waals surface area contributed by atoms with E-state index in [1.807, 2.05) is 25.1 Å². The largest absolute Gasteiger partial charge is 0.454 e. The molecule has 28 heavy (non-hydrogen) atoms. The average molecular weight is 373 g/mol. The lowest BCUT2D eigenvalue weighted by molar-refractivity contribution is 0.0475. The van der Waals surface area contributed by atoms with Crippen molar-refractivity contribution in [3.63, 3.8) is 0 Å². The van der Waals surface area contributed by atoms with Gasteiger partial charge in [0.25, 0.3) is 5.91 Å². The number of esters is 1. The fourth-order valence-electron chi connectivity index (χ4n) is 2.64. The monoisotopic (exact) mass is 373 g/mol. The van der Waals surface area contributed by atoms with Crippen molar-refractivity contribution >= 4 is 23.3 Å². The molecule has 0 aliphatic heterocycles. The number of carbonyl (C=O) groups excluding carboxylic acids is 3. The number of hydrogen-bond acceptors (Lipinski definition) is 4. The first-order valence-corrected chi connectivity index (χ1v) is 8.77. The number of carbonyl (C=O) groups is 3. The lowest BCUT2D eigenvalue weighted by Gasteiger charge is -2.08. The van der Waals surface area contributed by atoms with E-state index < -0.39 is 5.97 Å². The number of anilines is 1. The summed E-state index contributed by atoms with van der Waals surface area (Å²) in [6, 6.07) is 22.3. The molecule has 0 bridgehead atoms. The molecule has 3 aromatic carbocycles. The maximum absolute atomic E-state index is 12.3. The highest BCUT2D eigenvalue weighted by atomic mass is 16.5. The molecule has 1 N–H and O–H groups in total. The number of benzene rings is 3. The van der Waals surface area contributed by atoms with Gasteiger partial charge in [0.15, 0.2) is 12.4 Å². The van der Waals surface area contributed by atoms with Gasteiger partial charge in [-0.3, -0.25) is 9.59 Å². The predicted octanol–water partition coefficient (Wildman–Crippen LogP) is 4.29. The van der Waals surface area contributed by atoms with Gasteiger partial charge in [0, 0.05) is 16.8 Å². The second kappa shape index (κ2) is 8.77. The fourth-order valence-corrected chi connectivity index (χ4v) is 2.64. The number of Topliss-reactive ketones (excluding diaryl/α,β-unsaturated/α-hetero) is 1. The van der Waals surface area contributed by atoms with Crippen molar-refractivity contribution in [2.45, 2.75) is 6.92 Å². The van der Waals surface area contributed by atoms with E-state index >= 15 is 0 Å². The third-order valence-electron chi connectivity index (χ3n) is 4.20. The average Bonchev–Trinajstić information content (AvgIpc) is 2.73. The van der Waals surface area contributed by atoms with Crippen LogP contribution in [0, 0.1) is 6.92 Å². The molecular weight excluding hydrogens is 354 g/mol. The van der Waals surface area contributed by atoms with Crippen molar-refractivity contribution in [3.05, 3.63) is 101 Å². The van der Waals surface area contributed by atoms with Gasteiger partial charge in [-0.2, -0.15) is 0 Å². The van der Waals surface area contributed by atoms with Gasteiger partial charge in [-0.05, 0) is 42.8 Å². The Hall–Kier alpha value is -3.73. The number of ether oxygens (including phenoxy) is 1. The van der Waals surface area contributed by atoms with E-state index in [2.05, 4.69) is 5.32 Å². The minimum absolute atomic E-state index is 0.220. The minimum atomic E-state index is -0.596. The smallest absolute Gasteiger partial charge is 0.338 e. The van der Waals surface area contributed by atoms with E-state index in [1.165, 1.54) is 0 Å². The Morgan fingerprint density at radius 1 is 0.786 bits per heavy atom. The first kappa shape index (κ1) is 19.0. The summed E-state index contributed by atoms with van der Waals surface area (Å²) in [7, 11) is 0. The summed E-state index contributed by atoms with van der Waals surface area (Å²) < 4.78 is 5.07. The quantitative estimate of drug-likeness (QED) is 0.517. The van der Waals surface area contributed by atoms with Gasteiger partial charge in [-0.15, -0.1) is 0 Å². The fraction of sp³-hybridized carbons (Fsp3) is 0.0870. The van der Waals surface area contributed by atoms with Crippen molar-refractivity contribution in [3.8, 4) is 0 Å². The maximum atomic E-state index is 12.3. The first-order valence-electron chi connectivity index (χ1n) is 8.77. The summed E-state index contributed by atoms with van der Waals surface area (Å²) >= 11 is 0. The van der Waals surface area contributed by atoms with Crippen LogP contribution in [-0.4, -0.2) is 24.3 Å². The van der Waals surface area contributed by atoms with Crippen LogP contribution in [0.3, 0.4) is 0 Å². The van der Waals surface area contributed by atoms with Crippen molar-refractivity contribution < 1.29 is 19.1 Å². The van der Waals surface area contributed by atoms with E-state index in [0.717, 1.165) is 5.56 Å². The van der Waals surface area contributed by atoms with E-state index in [-0.39, 0.29) is 18.3 Å². The van der Waals surface area contributed by atoms with Crippen LogP contribution in [-0.2, 0) is 4.74 Å². The van der Waals surface area contributed by atoms with Crippen molar-refractivity contribution in [1.82, 2.24) is 0 Å². The Bertz CT molecular complexity index is 995. The molecule has 0 saturated heterocycles. The van der Waals surface area contributed by atoms with Gasteiger partial charge in [0.2, 0.25) is 0 Å². The van der Waals surface area contributed by atoms with Crippen molar-refractivity contribution in [2.75, 3.05) is 11.9 Å². The van der Waals surface area contributed by atoms with Gasteiger partial charge in [0.05, 0.1) is 5.56 Å². The minimum Gasteiger partial charge on any atom is -0.454 e. The molecule has 3 aromatic rings. The Kier molecular flexibility index (Phi) is 5.97. The summed E-state index contributed by atoms with van der Waals surface area (Å²) in [4.78, 5) is 36.4. The molecule has 3 rings (SSSR count). The molecule has 0 spiro atoms. The number of nitrogens with one attached hydrogen (secondary N) is 1. The Morgan fingerprint density at radius 3 is 2.11 bits per heavy atom. The number of hydrogen-bond donors (Lipinski definition) is 1. The molecule has 0 radical (unpaired) electrons. The topological polar surface area (TPSA) is 72.5 Å². The lowest BCUT2D eigenvalue weighted by atomic mass is 10.1. The molecule has 0 fully saturated rings. The van der Waals surface area contributed by atoms with Gasteiger partial charge in [-0.25, -0.2) is 4.79 Å². The predicted molar refractivity (Wildman–Crippen MR) is 107 cm³/mol. The molecule has 0 heterocycles. The van der Waals surface area contributed by atoms with Gasteiger partial charge < -0.3 is 10.1 Å². The lowest BCUT2D eigenvalue weighted by Crippen LogP contribution is -2.15. The molecule has 0 aliphatic carbocycles. The second-order valence-electron chi connectivity index (χ2n) is 6.21. The summed E-state index contributed by atoms with van der Waals surface area (Å²) in [5.74, 6) is -1.08. The molecule has 0 unspecified atom stereocenters. The molecule has 1 amide bonds. The van der Waals surface area contributed by atoms with E-state index in [0.29, 0.717) is 22.4 Å². The van der Waals surface area contributed by atoms with Gasteiger partial charge in [0.1, 0.15) is 0 Å². The zero-order chi connectivity index (χ0) is 19.9. The van der Waals surface area contributed by atoms with Crippen LogP contribution in [0.1, 0.15) is 36.6 Å². The highest BCUT2D eigenvalue weighted by Crippen LogP contribution is 2.14.